The number of rotatable bonds is 4. The Morgan fingerprint density at radius 2 is 2.29 bits per heavy atom. The maximum Gasteiger partial charge on any atom is 0.312 e. The summed E-state index contributed by atoms with van der Waals surface area (Å²) in [5.41, 5.74) is -1.21. The summed E-state index contributed by atoms with van der Waals surface area (Å²) in [6.45, 7) is 0. The number of halogens is 1. The van der Waals surface area contributed by atoms with Crippen molar-refractivity contribution in [3.05, 3.63) is 39.7 Å². The number of nitro groups is 1. The Hall–Kier alpha value is -2.02. The zero-order valence-corrected chi connectivity index (χ0v) is 11.1. The van der Waals surface area contributed by atoms with Crippen molar-refractivity contribution in [1.82, 2.24) is 0 Å². The zero-order valence-electron chi connectivity index (χ0n) is 11.1. The van der Waals surface area contributed by atoms with Crippen LogP contribution in [0, 0.1) is 21.3 Å². The van der Waals surface area contributed by atoms with Crippen molar-refractivity contribution in [3.63, 3.8) is 0 Å². The molecule has 2 aliphatic heterocycles. The van der Waals surface area contributed by atoms with Crippen LogP contribution >= 0.6 is 0 Å². The second kappa shape index (κ2) is 4.77. The van der Waals surface area contributed by atoms with E-state index >= 15 is 0 Å². The average molecular weight is 295 g/mol. The van der Waals surface area contributed by atoms with E-state index in [0.717, 1.165) is 18.6 Å². The van der Waals surface area contributed by atoms with Crippen molar-refractivity contribution in [2.24, 2.45) is 5.41 Å². The molecule has 6 nitrogen and oxygen atoms in total. The molecular weight excluding hydrogens is 281 g/mol. The van der Waals surface area contributed by atoms with E-state index in [2.05, 4.69) is 0 Å². The molecule has 1 N–H and O–H groups in total. The largest absolute Gasteiger partial charge is 0.481 e. The molecule has 3 atom stereocenters. The standard InChI is InChI=1S/C14H14FNO5/c15-10-5-8(1-3-11(10)16(19)20)6-14(13(17)18)7-9-2-4-12(14)21-9/h1,3,5,9,12H,2,4,6-7H2,(H,17,18). The summed E-state index contributed by atoms with van der Waals surface area (Å²) in [5.74, 6) is -1.89. The Labute approximate surface area is 119 Å². The molecule has 7 heteroatoms. The van der Waals surface area contributed by atoms with Crippen molar-refractivity contribution in [2.45, 2.75) is 37.9 Å². The molecule has 2 saturated heterocycles. The van der Waals surface area contributed by atoms with Gasteiger partial charge in [-0.1, -0.05) is 6.07 Å². The van der Waals surface area contributed by atoms with Gasteiger partial charge in [0.15, 0.2) is 0 Å². The van der Waals surface area contributed by atoms with Gasteiger partial charge in [-0.15, -0.1) is 0 Å². The lowest BCUT2D eigenvalue weighted by Gasteiger charge is -2.31. The monoisotopic (exact) mass is 295 g/mol. The quantitative estimate of drug-likeness (QED) is 0.680. The Kier molecular flexibility index (Phi) is 3.16. The van der Waals surface area contributed by atoms with Crippen LogP contribution in [0.4, 0.5) is 10.1 Å². The van der Waals surface area contributed by atoms with Crippen molar-refractivity contribution < 1.29 is 24.0 Å². The zero-order chi connectivity index (χ0) is 15.2. The van der Waals surface area contributed by atoms with Crippen LogP contribution in [0.1, 0.15) is 24.8 Å². The SMILES string of the molecule is O=C(O)C1(Cc2ccc([N+](=O)[O-])c(F)c2)CC2CCC1O2. The van der Waals surface area contributed by atoms with Crippen LogP contribution in [0.25, 0.3) is 0 Å². The lowest BCUT2D eigenvalue weighted by Crippen LogP contribution is -2.42. The van der Waals surface area contributed by atoms with E-state index in [1.807, 2.05) is 0 Å². The van der Waals surface area contributed by atoms with Crippen LogP contribution in [-0.4, -0.2) is 28.2 Å². The first-order chi connectivity index (χ1) is 9.92. The fourth-order valence-corrected chi connectivity index (χ4v) is 3.46. The van der Waals surface area contributed by atoms with Gasteiger partial charge in [0.25, 0.3) is 0 Å². The number of nitrogens with zero attached hydrogens (tertiary/aromatic N) is 1. The number of benzene rings is 1. The molecule has 1 aromatic rings. The lowest BCUT2D eigenvalue weighted by atomic mass is 9.70. The molecule has 3 unspecified atom stereocenters. The predicted molar refractivity (Wildman–Crippen MR) is 69.3 cm³/mol. The van der Waals surface area contributed by atoms with E-state index in [1.54, 1.807) is 0 Å². The number of fused-ring (bicyclic) bond motifs is 2. The highest BCUT2D eigenvalue weighted by Crippen LogP contribution is 2.49. The molecule has 0 amide bonds. The maximum atomic E-state index is 13.7. The molecule has 0 saturated carbocycles. The Morgan fingerprint density at radius 1 is 1.52 bits per heavy atom. The Morgan fingerprint density at radius 3 is 2.76 bits per heavy atom. The molecule has 112 valence electrons. The summed E-state index contributed by atoms with van der Waals surface area (Å²) in [4.78, 5) is 21.5. The molecular formula is C14H14FNO5. The van der Waals surface area contributed by atoms with Crippen LogP contribution in [0.3, 0.4) is 0 Å². The van der Waals surface area contributed by atoms with E-state index in [4.69, 9.17) is 4.74 Å². The minimum absolute atomic E-state index is 0.0472. The minimum Gasteiger partial charge on any atom is -0.481 e. The summed E-state index contributed by atoms with van der Waals surface area (Å²) in [6, 6.07) is 3.54. The number of carboxylic acids is 1. The second-order valence-electron chi connectivity index (χ2n) is 5.71. The van der Waals surface area contributed by atoms with Crippen molar-refractivity contribution in [3.8, 4) is 0 Å². The van der Waals surface area contributed by atoms with E-state index < -0.39 is 27.8 Å². The Bertz CT molecular complexity index is 619. The highest BCUT2D eigenvalue weighted by atomic mass is 19.1. The molecule has 0 aliphatic carbocycles. The summed E-state index contributed by atoms with van der Waals surface area (Å²) >= 11 is 0. The molecule has 0 radical (unpaired) electrons. The first-order valence-corrected chi connectivity index (χ1v) is 6.74. The molecule has 2 heterocycles. The highest BCUT2D eigenvalue weighted by Gasteiger charge is 2.57. The van der Waals surface area contributed by atoms with Crippen LogP contribution < -0.4 is 0 Å². The number of hydrogen-bond acceptors (Lipinski definition) is 4. The van der Waals surface area contributed by atoms with Gasteiger partial charge in [-0.05, 0) is 37.3 Å². The van der Waals surface area contributed by atoms with Crippen molar-refractivity contribution in [1.29, 1.82) is 0 Å². The fraction of sp³-hybridized carbons (Fsp3) is 0.500. The predicted octanol–water partition coefficient (Wildman–Crippen LogP) is 2.30. The van der Waals surface area contributed by atoms with Gasteiger partial charge < -0.3 is 9.84 Å². The lowest BCUT2D eigenvalue weighted by molar-refractivity contribution is -0.387. The fourth-order valence-electron chi connectivity index (χ4n) is 3.46. The normalized spacial score (nSPS) is 30.5. The van der Waals surface area contributed by atoms with Crippen LogP contribution in [0.5, 0.6) is 0 Å². The maximum absolute atomic E-state index is 13.7. The van der Waals surface area contributed by atoms with Crippen LogP contribution in [0.15, 0.2) is 18.2 Å². The van der Waals surface area contributed by atoms with Gasteiger partial charge in [-0.2, -0.15) is 4.39 Å². The molecule has 21 heavy (non-hydrogen) atoms. The molecule has 2 aliphatic rings. The van der Waals surface area contributed by atoms with Gasteiger partial charge in [-0.25, -0.2) is 0 Å². The molecule has 3 rings (SSSR count). The van der Waals surface area contributed by atoms with Gasteiger partial charge in [-0.3, -0.25) is 14.9 Å². The number of nitro benzene ring substituents is 1. The van der Waals surface area contributed by atoms with Crippen LogP contribution in [-0.2, 0) is 16.0 Å². The molecule has 1 aromatic carbocycles. The first-order valence-electron chi connectivity index (χ1n) is 6.74. The van der Waals surface area contributed by atoms with E-state index in [9.17, 15) is 24.4 Å². The van der Waals surface area contributed by atoms with E-state index in [1.165, 1.54) is 6.07 Å². The number of carbonyl (C=O) groups is 1. The van der Waals surface area contributed by atoms with E-state index in [-0.39, 0.29) is 18.6 Å². The van der Waals surface area contributed by atoms with Crippen LogP contribution in [0.2, 0.25) is 0 Å². The first kappa shape index (κ1) is 13.9. The van der Waals surface area contributed by atoms with E-state index in [0.29, 0.717) is 18.4 Å². The summed E-state index contributed by atoms with van der Waals surface area (Å²) in [7, 11) is 0. The smallest absolute Gasteiger partial charge is 0.312 e. The molecule has 0 aromatic heterocycles. The third-order valence-electron chi connectivity index (χ3n) is 4.47. The summed E-state index contributed by atoms with van der Waals surface area (Å²) < 4.78 is 19.3. The number of aliphatic carboxylic acids is 1. The minimum atomic E-state index is -1.05. The highest BCUT2D eigenvalue weighted by molar-refractivity contribution is 5.77. The van der Waals surface area contributed by atoms with Gasteiger partial charge in [0.1, 0.15) is 5.41 Å². The topological polar surface area (TPSA) is 89.7 Å². The number of hydrogen-bond donors (Lipinski definition) is 1. The Balaban J connectivity index is 1.89. The third-order valence-corrected chi connectivity index (χ3v) is 4.47. The third kappa shape index (κ3) is 2.17. The van der Waals surface area contributed by atoms with Gasteiger partial charge in [0.05, 0.1) is 17.1 Å². The second-order valence-corrected chi connectivity index (χ2v) is 5.71. The number of ether oxygens (including phenoxy) is 1. The summed E-state index contributed by atoms with van der Waals surface area (Å²) in [5, 5.41) is 20.2. The molecule has 2 bridgehead atoms. The number of carboxylic acid groups (broad SMARTS) is 1. The van der Waals surface area contributed by atoms with Gasteiger partial charge in [0.2, 0.25) is 5.82 Å². The molecule has 0 spiro atoms. The molecule has 2 fully saturated rings. The van der Waals surface area contributed by atoms with Gasteiger partial charge >= 0.3 is 11.7 Å². The average Bonchev–Trinajstić information content (AvgIpc) is 2.99. The van der Waals surface area contributed by atoms with Crippen molar-refractivity contribution in [2.75, 3.05) is 0 Å². The van der Waals surface area contributed by atoms with Gasteiger partial charge in [0, 0.05) is 6.07 Å². The summed E-state index contributed by atoms with van der Waals surface area (Å²) in [6.07, 6.45) is 1.66. The van der Waals surface area contributed by atoms with Crippen molar-refractivity contribution >= 4 is 11.7 Å².